The first-order valence-corrected chi connectivity index (χ1v) is 13.5. The molecule has 0 radical (unpaired) electrons. The number of rotatable bonds is 4. The van der Waals surface area contributed by atoms with Crippen LogP contribution in [0.3, 0.4) is 0 Å². The van der Waals surface area contributed by atoms with Gasteiger partial charge in [0.2, 0.25) is 0 Å². The molecule has 0 bridgehead atoms. The van der Waals surface area contributed by atoms with E-state index in [1.165, 1.54) is 0 Å². The smallest absolute Gasteiger partial charge is 0.0401 e. The lowest BCUT2D eigenvalue weighted by molar-refractivity contribution is 1.52. The summed E-state index contributed by atoms with van der Waals surface area (Å²) in [6.07, 6.45) is 0. The van der Waals surface area contributed by atoms with E-state index in [9.17, 15) is 0 Å². The van der Waals surface area contributed by atoms with E-state index in [0.717, 1.165) is 51.3 Å². The zero-order valence-electron chi connectivity index (χ0n) is 17.7. The second-order valence-corrected chi connectivity index (χ2v) is 11.0. The maximum atomic E-state index is 3.57. The summed E-state index contributed by atoms with van der Waals surface area (Å²) in [6, 6.07) is 32.6. The maximum Gasteiger partial charge on any atom is 0.0401 e. The fourth-order valence-corrected chi connectivity index (χ4v) is 4.98. The quantitative estimate of drug-likeness (QED) is 0.187. The Morgan fingerprint density at radius 3 is 0.912 bits per heavy atom. The summed E-state index contributed by atoms with van der Waals surface area (Å²) in [4.78, 5) is 0. The Bertz CT molecular complexity index is 1330. The molecule has 0 aliphatic carbocycles. The average Bonchev–Trinajstić information content (AvgIpc) is 2.81. The van der Waals surface area contributed by atoms with Crippen molar-refractivity contribution in [3.8, 4) is 0 Å². The summed E-state index contributed by atoms with van der Waals surface area (Å²) in [7, 11) is 0. The molecule has 0 N–H and O–H groups in total. The summed E-state index contributed by atoms with van der Waals surface area (Å²) in [5, 5.41) is 0. The molecule has 4 rings (SSSR count). The van der Waals surface area contributed by atoms with E-state index in [0.29, 0.717) is 0 Å². The third-order valence-corrected chi connectivity index (χ3v) is 6.86. The Balaban J connectivity index is 1.99. The van der Waals surface area contributed by atoms with Gasteiger partial charge < -0.3 is 0 Å². The van der Waals surface area contributed by atoms with E-state index in [4.69, 9.17) is 0 Å². The lowest BCUT2D eigenvalue weighted by atomic mass is 9.99. The van der Waals surface area contributed by atoms with Gasteiger partial charge in [0.05, 0.1) is 0 Å². The Morgan fingerprint density at radius 1 is 0.412 bits per heavy atom. The Hall–Kier alpha value is -2.34. The minimum Gasteiger partial charge on any atom is -0.0605 e. The van der Waals surface area contributed by atoms with Crippen LogP contribution in [-0.2, 0) is 0 Å². The number of halogens is 4. The molecule has 0 unspecified atom stereocenters. The number of hydrogen-bond acceptors (Lipinski definition) is 0. The molecule has 0 saturated carbocycles. The van der Waals surface area contributed by atoms with Crippen LogP contribution < -0.4 is 0 Å². The van der Waals surface area contributed by atoms with E-state index in [-0.39, 0.29) is 0 Å². The molecule has 0 heterocycles. The minimum atomic E-state index is 0.920. The van der Waals surface area contributed by atoms with Gasteiger partial charge in [0, 0.05) is 29.0 Å². The lowest BCUT2D eigenvalue weighted by Crippen LogP contribution is -1.87. The number of benzene rings is 4. The van der Waals surface area contributed by atoms with E-state index in [1.54, 1.807) is 0 Å². The van der Waals surface area contributed by atoms with E-state index in [1.807, 2.05) is 48.5 Å². The Morgan fingerprint density at radius 2 is 0.676 bits per heavy atom. The van der Waals surface area contributed by atoms with Crippen molar-refractivity contribution in [1.82, 2.24) is 0 Å². The van der Waals surface area contributed by atoms with Crippen molar-refractivity contribution in [3.05, 3.63) is 160 Å². The highest BCUT2D eigenvalue weighted by molar-refractivity contribution is 9.11. The highest BCUT2D eigenvalue weighted by Crippen LogP contribution is 2.28. The lowest BCUT2D eigenvalue weighted by Gasteiger charge is -2.06. The average molecular weight is 696 g/mol. The van der Waals surface area contributed by atoms with Gasteiger partial charge in [-0.2, -0.15) is 0 Å². The first-order chi connectivity index (χ1) is 16.5. The molecule has 0 amide bonds. The molecule has 4 aromatic rings. The topological polar surface area (TPSA) is 0 Å². The molecule has 34 heavy (non-hydrogen) atoms. The summed E-state index contributed by atoms with van der Waals surface area (Å²) in [5.41, 5.74) is 18.8. The van der Waals surface area contributed by atoms with Crippen LogP contribution in [0.15, 0.2) is 138 Å². The van der Waals surface area contributed by atoms with Crippen molar-refractivity contribution in [2.75, 3.05) is 0 Å². The van der Waals surface area contributed by atoms with Crippen LogP contribution in [0.4, 0.5) is 0 Å². The van der Waals surface area contributed by atoms with Gasteiger partial charge in [0.1, 0.15) is 0 Å². The highest BCUT2D eigenvalue weighted by Gasteiger charge is 2.07. The molecule has 0 fully saturated rings. The van der Waals surface area contributed by atoms with Crippen LogP contribution in [0, 0.1) is 0 Å². The zero-order chi connectivity index (χ0) is 23.9. The Labute approximate surface area is 233 Å². The first kappa shape index (κ1) is 24.8. The molecule has 0 spiro atoms. The van der Waals surface area contributed by atoms with Crippen LogP contribution in [-0.4, -0.2) is 0 Å². The molecule has 0 atom stereocenters. The molecule has 4 heteroatoms. The molecule has 4 aromatic carbocycles. The maximum absolute atomic E-state index is 3.57. The van der Waals surface area contributed by atoms with Gasteiger partial charge in [-0.3, -0.25) is 0 Å². The summed E-state index contributed by atoms with van der Waals surface area (Å²) in [6.45, 7) is 0. The third-order valence-electron chi connectivity index (χ3n) is 4.89. The van der Waals surface area contributed by atoms with Crippen molar-refractivity contribution in [3.63, 3.8) is 0 Å². The highest BCUT2D eigenvalue weighted by atomic mass is 79.9. The standard InChI is InChI=1S/C30H16Br4/c31-25-11-3-7-21(17-25)29(22-8-4-12-26(32)18-22)15-1-2-16-30(23-9-5-13-27(33)19-23)24-10-6-14-28(34)20-24/h3-14,17-20H. The van der Waals surface area contributed by atoms with Crippen LogP contribution in [0.25, 0.3) is 11.1 Å². The van der Waals surface area contributed by atoms with Crippen LogP contribution in [0.1, 0.15) is 22.3 Å². The SMILES string of the molecule is Brc1cccc(C(=C=C=C=C=C(c2cccc(Br)c2)c2cccc(Br)c2)c2cccc(Br)c2)c1. The largest absolute Gasteiger partial charge is 0.0605 e. The van der Waals surface area contributed by atoms with Gasteiger partial charge in [-0.1, -0.05) is 124 Å². The van der Waals surface area contributed by atoms with Crippen molar-refractivity contribution in [2.24, 2.45) is 0 Å². The van der Waals surface area contributed by atoms with E-state index < -0.39 is 0 Å². The van der Waals surface area contributed by atoms with Crippen molar-refractivity contribution in [2.45, 2.75) is 0 Å². The number of hydrogen-bond donors (Lipinski definition) is 0. The summed E-state index contributed by atoms with van der Waals surface area (Å²) in [5.74, 6) is 0. The fraction of sp³-hybridized carbons (Fsp3) is 0. The fourth-order valence-electron chi connectivity index (χ4n) is 3.39. The summed E-state index contributed by atoms with van der Waals surface area (Å²) < 4.78 is 4.02. The minimum absolute atomic E-state index is 0.920. The van der Waals surface area contributed by atoms with Gasteiger partial charge in [0.25, 0.3) is 0 Å². The first-order valence-electron chi connectivity index (χ1n) is 10.3. The van der Waals surface area contributed by atoms with E-state index in [2.05, 4.69) is 135 Å². The van der Waals surface area contributed by atoms with Gasteiger partial charge in [-0.15, -0.1) is 0 Å². The molecule has 164 valence electrons. The van der Waals surface area contributed by atoms with Crippen LogP contribution in [0.5, 0.6) is 0 Å². The normalized spacial score (nSPS) is 9.88. The molecule has 0 aromatic heterocycles. The third kappa shape index (κ3) is 6.62. The van der Waals surface area contributed by atoms with Gasteiger partial charge in [-0.25, -0.2) is 0 Å². The predicted molar refractivity (Wildman–Crippen MR) is 156 cm³/mol. The molecular formula is C30H16Br4. The van der Waals surface area contributed by atoms with Crippen molar-refractivity contribution in [1.29, 1.82) is 0 Å². The second-order valence-electron chi connectivity index (χ2n) is 7.29. The van der Waals surface area contributed by atoms with Gasteiger partial charge in [0.15, 0.2) is 0 Å². The second kappa shape index (κ2) is 11.9. The molecule has 0 nitrogen and oxygen atoms in total. The van der Waals surface area contributed by atoms with Gasteiger partial charge >= 0.3 is 0 Å². The Kier molecular flexibility index (Phi) is 8.65. The monoisotopic (exact) mass is 692 g/mol. The molecule has 0 aliphatic heterocycles. The molecule has 0 aliphatic rings. The van der Waals surface area contributed by atoms with Crippen LogP contribution >= 0.6 is 63.7 Å². The molecular weight excluding hydrogens is 680 g/mol. The van der Waals surface area contributed by atoms with Crippen molar-refractivity contribution < 1.29 is 0 Å². The van der Waals surface area contributed by atoms with E-state index >= 15 is 0 Å². The van der Waals surface area contributed by atoms with Gasteiger partial charge in [-0.05, 0) is 82.2 Å². The summed E-state index contributed by atoms with van der Waals surface area (Å²) >= 11 is 14.3. The van der Waals surface area contributed by atoms with Crippen LogP contribution in [0.2, 0.25) is 0 Å². The predicted octanol–water partition coefficient (Wildman–Crippen LogP) is 10.4. The molecule has 0 saturated heterocycles. The zero-order valence-corrected chi connectivity index (χ0v) is 24.1. The van der Waals surface area contributed by atoms with Crippen molar-refractivity contribution >= 4 is 74.9 Å².